The molecule has 0 saturated carbocycles. The Kier molecular flexibility index (Phi) is 7.39. The van der Waals surface area contributed by atoms with Gasteiger partial charge >= 0.3 is 0 Å². The third kappa shape index (κ3) is 6.38. The quantitative estimate of drug-likeness (QED) is 0.539. The van der Waals surface area contributed by atoms with Crippen molar-refractivity contribution in [2.45, 2.75) is 25.9 Å². The minimum Gasteiger partial charge on any atom is -0.392 e. The lowest BCUT2D eigenvalue weighted by molar-refractivity contribution is 0.117. The highest BCUT2D eigenvalue weighted by Gasteiger charge is 1.91. The molecule has 0 fully saturated rings. The van der Waals surface area contributed by atoms with E-state index in [2.05, 4.69) is 12.1 Å². The maximum atomic E-state index is 8.52. The Morgan fingerprint density at radius 2 is 1.88 bits per heavy atom. The van der Waals surface area contributed by atoms with Crippen LogP contribution in [0.3, 0.4) is 0 Å². The van der Waals surface area contributed by atoms with Gasteiger partial charge in [0.05, 0.1) is 13.2 Å². The van der Waals surface area contributed by atoms with E-state index >= 15 is 0 Å². The monoisotopic (exact) mass is 220 g/mol. The maximum absolute atomic E-state index is 8.52. The Morgan fingerprint density at radius 3 is 2.62 bits per heavy atom. The highest BCUT2D eigenvalue weighted by molar-refractivity contribution is 5.13. The van der Waals surface area contributed by atoms with Crippen LogP contribution in [0.25, 0.3) is 0 Å². The third-order valence-corrected chi connectivity index (χ3v) is 2.29. The molecule has 0 aliphatic carbocycles. The van der Waals surface area contributed by atoms with Crippen LogP contribution in [0.15, 0.2) is 42.5 Å². The fraction of sp³-hybridized carbons (Fsp3) is 0.429. The summed E-state index contributed by atoms with van der Waals surface area (Å²) in [6.07, 6.45) is 7.01. The molecule has 0 unspecified atom stereocenters. The lowest BCUT2D eigenvalue weighted by atomic mass is 10.2. The van der Waals surface area contributed by atoms with Crippen LogP contribution in [0.4, 0.5) is 0 Å². The molecule has 0 bridgehead atoms. The number of aliphatic hydroxyl groups excluding tert-OH is 1. The second-order valence-electron chi connectivity index (χ2n) is 3.69. The molecule has 16 heavy (non-hydrogen) atoms. The Labute approximate surface area is 97.6 Å². The van der Waals surface area contributed by atoms with Gasteiger partial charge in [-0.3, -0.25) is 0 Å². The van der Waals surface area contributed by atoms with E-state index in [0.29, 0.717) is 6.61 Å². The summed E-state index contributed by atoms with van der Waals surface area (Å²) < 4.78 is 5.55. The van der Waals surface area contributed by atoms with E-state index in [9.17, 15) is 0 Å². The van der Waals surface area contributed by atoms with E-state index < -0.39 is 0 Å². The number of ether oxygens (including phenoxy) is 1. The van der Waals surface area contributed by atoms with Crippen molar-refractivity contribution < 1.29 is 9.84 Å². The van der Waals surface area contributed by atoms with Gasteiger partial charge in [-0.25, -0.2) is 0 Å². The van der Waals surface area contributed by atoms with Crippen molar-refractivity contribution in [2.75, 3.05) is 13.2 Å². The molecule has 2 nitrogen and oxygen atoms in total. The molecule has 0 aliphatic heterocycles. The first kappa shape index (κ1) is 12.9. The van der Waals surface area contributed by atoms with Gasteiger partial charge in [-0.2, -0.15) is 0 Å². The van der Waals surface area contributed by atoms with Gasteiger partial charge in [0, 0.05) is 6.61 Å². The fourth-order valence-electron chi connectivity index (χ4n) is 1.42. The molecule has 2 heteroatoms. The van der Waals surface area contributed by atoms with Crippen LogP contribution in [0.1, 0.15) is 24.8 Å². The highest BCUT2D eigenvalue weighted by Crippen LogP contribution is 2.02. The molecule has 1 aromatic rings. The van der Waals surface area contributed by atoms with E-state index in [1.165, 1.54) is 5.56 Å². The van der Waals surface area contributed by atoms with E-state index in [-0.39, 0.29) is 6.61 Å². The Hall–Kier alpha value is -1.12. The van der Waals surface area contributed by atoms with Crippen LogP contribution in [0.2, 0.25) is 0 Å². The van der Waals surface area contributed by atoms with E-state index in [1.807, 2.05) is 24.3 Å². The number of hydrogen-bond donors (Lipinski definition) is 1. The summed E-state index contributed by atoms with van der Waals surface area (Å²) >= 11 is 0. The topological polar surface area (TPSA) is 29.5 Å². The maximum Gasteiger partial charge on any atom is 0.0716 e. The summed E-state index contributed by atoms with van der Waals surface area (Å²) in [5.41, 5.74) is 1.22. The number of rotatable bonds is 8. The molecule has 0 heterocycles. The molecule has 1 N–H and O–H groups in total. The predicted molar refractivity (Wildman–Crippen MR) is 66.2 cm³/mol. The Bertz CT molecular complexity index is 280. The SMILES string of the molecule is OC/C=C\CCCCOCc1ccccc1. The summed E-state index contributed by atoms with van der Waals surface area (Å²) in [5.74, 6) is 0. The molecular formula is C14H20O2. The van der Waals surface area contributed by atoms with Gasteiger partial charge < -0.3 is 9.84 Å². The molecule has 0 spiro atoms. The van der Waals surface area contributed by atoms with E-state index in [4.69, 9.17) is 9.84 Å². The standard InChI is InChI=1S/C14H20O2/c15-11-7-2-1-3-8-12-16-13-14-9-5-4-6-10-14/h2,4-7,9-10,15H,1,3,8,11-13H2/b7-2-. The first-order valence-electron chi connectivity index (χ1n) is 5.81. The highest BCUT2D eigenvalue weighted by atomic mass is 16.5. The lowest BCUT2D eigenvalue weighted by Crippen LogP contribution is -1.95. The summed E-state index contributed by atoms with van der Waals surface area (Å²) in [4.78, 5) is 0. The minimum absolute atomic E-state index is 0.143. The van der Waals surface area contributed by atoms with Crippen molar-refractivity contribution in [3.63, 3.8) is 0 Å². The summed E-state index contributed by atoms with van der Waals surface area (Å²) in [7, 11) is 0. The zero-order chi connectivity index (χ0) is 11.5. The van der Waals surface area contributed by atoms with Gasteiger partial charge in [-0.1, -0.05) is 42.5 Å². The van der Waals surface area contributed by atoms with Crippen LogP contribution in [-0.4, -0.2) is 18.3 Å². The summed E-state index contributed by atoms with van der Waals surface area (Å²) in [6, 6.07) is 10.2. The smallest absolute Gasteiger partial charge is 0.0716 e. The molecule has 88 valence electrons. The Balaban J connectivity index is 1.94. The van der Waals surface area contributed by atoms with Gasteiger partial charge in [0.2, 0.25) is 0 Å². The van der Waals surface area contributed by atoms with Crippen LogP contribution >= 0.6 is 0 Å². The molecule has 1 rings (SSSR count). The molecule has 1 aromatic carbocycles. The fourth-order valence-corrected chi connectivity index (χ4v) is 1.42. The van der Waals surface area contributed by atoms with Crippen LogP contribution in [0, 0.1) is 0 Å². The van der Waals surface area contributed by atoms with Gasteiger partial charge in [-0.05, 0) is 24.8 Å². The molecule has 0 aromatic heterocycles. The zero-order valence-corrected chi connectivity index (χ0v) is 9.64. The first-order valence-corrected chi connectivity index (χ1v) is 5.81. The Morgan fingerprint density at radius 1 is 1.06 bits per heavy atom. The molecule has 0 aliphatic rings. The normalized spacial score (nSPS) is 11.1. The van der Waals surface area contributed by atoms with Crippen molar-refractivity contribution in [1.82, 2.24) is 0 Å². The molecule has 0 atom stereocenters. The van der Waals surface area contributed by atoms with Gasteiger partial charge in [0.15, 0.2) is 0 Å². The second-order valence-corrected chi connectivity index (χ2v) is 3.69. The molecule has 0 saturated heterocycles. The molecule has 0 radical (unpaired) electrons. The van der Waals surface area contributed by atoms with Gasteiger partial charge in [-0.15, -0.1) is 0 Å². The minimum atomic E-state index is 0.143. The third-order valence-electron chi connectivity index (χ3n) is 2.29. The van der Waals surface area contributed by atoms with Crippen molar-refractivity contribution in [3.8, 4) is 0 Å². The summed E-state index contributed by atoms with van der Waals surface area (Å²) in [6.45, 7) is 1.65. The van der Waals surface area contributed by atoms with Gasteiger partial charge in [0.25, 0.3) is 0 Å². The van der Waals surface area contributed by atoms with Gasteiger partial charge in [0.1, 0.15) is 0 Å². The van der Waals surface area contributed by atoms with Crippen molar-refractivity contribution in [2.24, 2.45) is 0 Å². The second kappa shape index (κ2) is 9.13. The number of benzene rings is 1. The van der Waals surface area contributed by atoms with Crippen molar-refractivity contribution in [3.05, 3.63) is 48.0 Å². The molecule has 0 amide bonds. The van der Waals surface area contributed by atoms with E-state index in [1.54, 1.807) is 6.08 Å². The molecular weight excluding hydrogens is 200 g/mol. The van der Waals surface area contributed by atoms with Crippen LogP contribution < -0.4 is 0 Å². The number of hydrogen-bond acceptors (Lipinski definition) is 2. The number of allylic oxidation sites excluding steroid dienone is 1. The number of aliphatic hydroxyl groups is 1. The van der Waals surface area contributed by atoms with Crippen LogP contribution in [0.5, 0.6) is 0 Å². The average molecular weight is 220 g/mol. The zero-order valence-electron chi connectivity index (χ0n) is 9.64. The summed E-state index contributed by atoms with van der Waals surface area (Å²) in [5, 5.41) is 8.52. The predicted octanol–water partition coefficient (Wildman–Crippen LogP) is 2.92. The number of unbranched alkanes of at least 4 members (excludes halogenated alkanes) is 2. The average Bonchev–Trinajstić information content (AvgIpc) is 2.34. The lowest BCUT2D eigenvalue weighted by Gasteiger charge is -2.03. The first-order chi connectivity index (χ1) is 7.93. The van der Waals surface area contributed by atoms with Crippen molar-refractivity contribution in [1.29, 1.82) is 0 Å². The largest absolute Gasteiger partial charge is 0.392 e. The van der Waals surface area contributed by atoms with Crippen LogP contribution in [-0.2, 0) is 11.3 Å². The van der Waals surface area contributed by atoms with Crippen molar-refractivity contribution >= 4 is 0 Å². The van der Waals surface area contributed by atoms with E-state index in [0.717, 1.165) is 25.9 Å².